The van der Waals surface area contributed by atoms with Crippen molar-refractivity contribution in [2.24, 2.45) is 5.41 Å². The predicted molar refractivity (Wildman–Crippen MR) is 73.1 cm³/mol. The average molecular weight is 268 g/mol. The molecule has 0 radical (unpaired) electrons. The van der Waals surface area contributed by atoms with Gasteiger partial charge in [-0.05, 0) is 24.7 Å². The Bertz CT molecular complexity index is 428. The molecule has 0 amide bonds. The third kappa shape index (κ3) is 3.70. The van der Waals surface area contributed by atoms with E-state index in [9.17, 15) is 4.79 Å². The molecule has 2 rings (SSSR count). The van der Waals surface area contributed by atoms with Gasteiger partial charge in [-0.1, -0.05) is 20.3 Å². The Morgan fingerprint density at radius 1 is 1.67 bits per heavy atom. The van der Waals surface area contributed by atoms with Crippen LogP contribution in [0.3, 0.4) is 0 Å². The monoisotopic (exact) mass is 268 g/mol. The van der Waals surface area contributed by atoms with Gasteiger partial charge < -0.3 is 10.4 Å². The summed E-state index contributed by atoms with van der Waals surface area (Å²) in [6, 6.07) is 0.470. The summed E-state index contributed by atoms with van der Waals surface area (Å²) < 4.78 is 0. The van der Waals surface area contributed by atoms with Gasteiger partial charge in [-0.3, -0.25) is 4.79 Å². The molecule has 4 nitrogen and oxygen atoms in total. The number of rotatable bonds is 4. The molecule has 0 bridgehead atoms. The Balaban J connectivity index is 1.93. The van der Waals surface area contributed by atoms with E-state index in [4.69, 9.17) is 5.11 Å². The predicted octanol–water partition coefficient (Wildman–Crippen LogP) is 3.15. The minimum atomic E-state index is -0.828. The SMILES string of the molecule is CC1(C)CCCC(Nc2nc(CC(=O)O)cs2)C1. The highest BCUT2D eigenvalue weighted by atomic mass is 32.1. The van der Waals surface area contributed by atoms with Crippen LogP contribution in [0.15, 0.2) is 5.38 Å². The van der Waals surface area contributed by atoms with Crippen molar-refractivity contribution in [2.75, 3.05) is 5.32 Å². The summed E-state index contributed by atoms with van der Waals surface area (Å²) in [6.45, 7) is 4.61. The summed E-state index contributed by atoms with van der Waals surface area (Å²) in [4.78, 5) is 14.9. The zero-order valence-electron chi connectivity index (χ0n) is 10.9. The standard InChI is InChI=1S/C13H20N2O2S/c1-13(2)5-3-4-9(7-13)14-12-15-10(8-18-12)6-11(16)17/h8-9H,3-7H2,1-2H3,(H,14,15)(H,16,17). The number of aliphatic carboxylic acids is 1. The van der Waals surface area contributed by atoms with Gasteiger partial charge in [0, 0.05) is 11.4 Å². The first-order chi connectivity index (χ1) is 8.44. The van der Waals surface area contributed by atoms with E-state index in [0.29, 0.717) is 17.2 Å². The molecule has 1 aliphatic carbocycles. The van der Waals surface area contributed by atoms with Crippen LogP contribution in [-0.2, 0) is 11.2 Å². The number of nitrogens with one attached hydrogen (secondary N) is 1. The third-order valence-corrected chi connectivity index (χ3v) is 4.24. The first-order valence-electron chi connectivity index (χ1n) is 6.37. The molecule has 0 aliphatic heterocycles. The maximum absolute atomic E-state index is 10.6. The van der Waals surface area contributed by atoms with Crippen LogP contribution in [-0.4, -0.2) is 22.1 Å². The fourth-order valence-corrected chi connectivity index (χ4v) is 3.39. The minimum absolute atomic E-state index is 0.00827. The van der Waals surface area contributed by atoms with Crippen LogP contribution in [0.4, 0.5) is 5.13 Å². The van der Waals surface area contributed by atoms with E-state index < -0.39 is 5.97 Å². The van der Waals surface area contributed by atoms with E-state index >= 15 is 0 Å². The van der Waals surface area contributed by atoms with Crippen LogP contribution in [0.2, 0.25) is 0 Å². The molecule has 2 N–H and O–H groups in total. The van der Waals surface area contributed by atoms with Gasteiger partial charge in [0.25, 0.3) is 0 Å². The number of aromatic nitrogens is 1. The Kier molecular flexibility index (Phi) is 3.90. The first-order valence-corrected chi connectivity index (χ1v) is 7.25. The van der Waals surface area contributed by atoms with Crippen LogP contribution in [0.25, 0.3) is 0 Å². The summed E-state index contributed by atoms with van der Waals surface area (Å²) in [5.41, 5.74) is 1.04. The second-order valence-corrected chi connectivity index (χ2v) is 6.67. The summed E-state index contributed by atoms with van der Waals surface area (Å²) in [6.07, 6.45) is 4.87. The van der Waals surface area contributed by atoms with Crippen molar-refractivity contribution in [1.82, 2.24) is 4.98 Å². The quantitative estimate of drug-likeness (QED) is 0.880. The number of hydrogen-bond donors (Lipinski definition) is 2. The summed E-state index contributed by atoms with van der Waals surface area (Å²) in [7, 11) is 0. The maximum Gasteiger partial charge on any atom is 0.309 e. The lowest BCUT2D eigenvalue weighted by Crippen LogP contribution is -2.31. The van der Waals surface area contributed by atoms with E-state index in [2.05, 4.69) is 24.1 Å². The Hall–Kier alpha value is -1.10. The Labute approximate surface area is 111 Å². The van der Waals surface area contributed by atoms with Crippen LogP contribution in [0.5, 0.6) is 0 Å². The highest BCUT2D eigenvalue weighted by molar-refractivity contribution is 7.13. The molecule has 1 heterocycles. The number of thiazole rings is 1. The fourth-order valence-electron chi connectivity index (χ4n) is 2.61. The van der Waals surface area contributed by atoms with E-state index in [0.717, 1.165) is 11.6 Å². The van der Waals surface area contributed by atoms with Crippen LogP contribution in [0, 0.1) is 5.41 Å². The average Bonchev–Trinajstić information content (AvgIpc) is 2.62. The zero-order valence-corrected chi connectivity index (χ0v) is 11.7. The summed E-state index contributed by atoms with van der Waals surface area (Å²) in [5, 5.41) is 14.8. The molecule has 1 aromatic rings. The van der Waals surface area contributed by atoms with Crippen molar-refractivity contribution in [3.63, 3.8) is 0 Å². The van der Waals surface area contributed by atoms with Gasteiger partial charge >= 0.3 is 5.97 Å². The van der Waals surface area contributed by atoms with E-state index in [-0.39, 0.29) is 6.42 Å². The van der Waals surface area contributed by atoms with Crippen LogP contribution < -0.4 is 5.32 Å². The van der Waals surface area contributed by atoms with Gasteiger partial charge in [-0.15, -0.1) is 11.3 Å². The molecule has 5 heteroatoms. The molecule has 0 aromatic carbocycles. The molecule has 0 saturated heterocycles. The van der Waals surface area contributed by atoms with Gasteiger partial charge in [0.2, 0.25) is 0 Å². The van der Waals surface area contributed by atoms with E-state index in [1.807, 2.05) is 5.38 Å². The maximum atomic E-state index is 10.6. The van der Waals surface area contributed by atoms with Crippen LogP contribution in [0.1, 0.15) is 45.2 Å². The smallest absolute Gasteiger partial charge is 0.309 e. The van der Waals surface area contributed by atoms with Gasteiger partial charge in [-0.25, -0.2) is 4.98 Å². The second-order valence-electron chi connectivity index (χ2n) is 5.82. The molecular weight excluding hydrogens is 248 g/mol. The number of hydrogen-bond acceptors (Lipinski definition) is 4. The topological polar surface area (TPSA) is 62.2 Å². The van der Waals surface area contributed by atoms with Gasteiger partial charge in [0.05, 0.1) is 12.1 Å². The molecule has 1 saturated carbocycles. The molecule has 1 unspecified atom stereocenters. The molecular formula is C13H20N2O2S. The van der Waals surface area contributed by atoms with Crippen molar-refractivity contribution in [1.29, 1.82) is 0 Å². The Morgan fingerprint density at radius 3 is 3.11 bits per heavy atom. The number of nitrogens with zero attached hydrogens (tertiary/aromatic N) is 1. The molecule has 1 aliphatic rings. The van der Waals surface area contributed by atoms with Gasteiger partial charge in [0.1, 0.15) is 0 Å². The van der Waals surface area contributed by atoms with E-state index in [1.165, 1.54) is 30.6 Å². The molecule has 1 atom stereocenters. The third-order valence-electron chi connectivity index (χ3n) is 3.42. The normalized spacial score (nSPS) is 22.7. The molecule has 18 heavy (non-hydrogen) atoms. The van der Waals surface area contributed by atoms with Crippen molar-refractivity contribution >= 4 is 22.4 Å². The van der Waals surface area contributed by atoms with Gasteiger partial charge in [0.15, 0.2) is 5.13 Å². The highest BCUT2D eigenvalue weighted by Gasteiger charge is 2.28. The number of anilines is 1. The number of carbonyl (C=O) groups is 1. The largest absolute Gasteiger partial charge is 0.481 e. The highest BCUT2D eigenvalue weighted by Crippen LogP contribution is 2.36. The number of carboxylic acid groups (broad SMARTS) is 1. The lowest BCUT2D eigenvalue weighted by atomic mass is 9.75. The summed E-state index contributed by atoms with van der Waals surface area (Å²) in [5.74, 6) is -0.828. The summed E-state index contributed by atoms with van der Waals surface area (Å²) >= 11 is 1.50. The van der Waals surface area contributed by atoms with E-state index in [1.54, 1.807) is 0 Å². The van der Waals surface area contributed by atoms with Crippen LogP contribution >= 0.6 is 11.3 Å². The molecule has 1 aromatic heterocycles. The minimum Gasteiger partial charge on any atom is -0.481 e. The van der Waals surface area contributed by atoms with Crippen molar-refractivity contribution < 1.29 is 9.90 Å². The van der Waals surface area contributed by atoms with Crippen molar-refractivity contribution in [2.45, 2.75) is 52.0 Å². The molecule has 0 spiro atoms. The fraction of sp³-hybridized carbons (Fsp3) is 0.692. The second kappa shape index (κ2) is 5.26. The van der Waals surface area contributed by atoms with Crippen molar-refractivity contribution in [3.05, 3.63) is 11.1 Å². The lowest BCUT2D eigenvalue weighted by molar-refractivity contribution is -0.136. The first kappa shape index (κ1) is 13.3. The van der Waals surface area contributed by atoms with Crippen molar-refractivity contribution in [3.8, 4) is 0 Å². The van der Waals surface area contributed by atoms with Gasteiger partial charge in [-0.2, -0.15) is 0 Å². The molecule has 1 fully saturated rings. The Morgan fingerprint density at radius 2 is 2.44 bits per heavy atom. The lowest BCUT2D eigenvalue weighted by Gasteiger charge is -2.35. The molecule has 100 valence electrons. The zero-order chi connectivity index (χ0) is 13.2. The number of carboxylic acids is 1.